The molecule has 1 fully saturated rings. The first kappa shape index (κ1) is 20.6. The summed E-state index contributed by atoms with van der Waals surface area (Å²) in [6.07, 6.45) is 0. The van der Waals surface area contributed by atoms with Gasteiger partial charge >= 0.3 is 11.9 Å². The van der Waals surface area contributed by atoms with E-state index < -0.39 is 41.8 Å². The lowest BCUT2D eigenvalue weighted by atomic mass is 10.0. The number of amides is 2. The Hall–Kier alpha value is -3.13. The summed E-state index contributed by atoms with van der Waals surface area (Å²) in [7, 11) is 0. The van der Waals surface area contributed by atoms with Gasteiger partial charge in [-0.3, -0.25) is 14.5 Å². The number of oxime groups is 1. The molecule has 5 N–H and O–H groups in total. The SMILES string of the molecule is CC1=C(C(=O)O)N2C(=O)[C@@H](NC(=O)C(=NOCC(=O)O)c3csc(N)n3)[C@H]2SC1. The van der Waals surface area contributed by atoms with Gasteiger partial charge in [0, 0.05) is 11.1 Å². The fraction of sp³-hybridized carbons (Fsp3) is 0.333. The van der Waals surface area contributed by atoms with Gasteiger partial charge in [0.15, 0.2) is 10.8 Å². The van der Waals surface area contributed by atoms with Crippen molar-refractivity contribution in [2.45, 2.75) is 18.3 Å². The number of β-lactam (4-membered cyclic amide) rings is 1. The second-order valence-corrected chi connectivity index (χ2v) is 7.97. The first-order chi connectivity index (χ1) is 13.7. The smallest absolute Gasteiger partial charge is 0.352 e. The number of fused-ring (bicyclic) bond motifs is 1. The van der Waals surface area contributed by atoms with Gasteiger partial charge in [0.25, 0.3) is 11.8 Å². The molecule has 1 aromatic rings. The van der Waals surface area contributed by atoms with E-state index in [0.717, 1.165) is 16.2 Å². The molecule has 3 rings (SSSR count). The maximum atomic E-state index is 12.7. The molecule has 0 aromatic carbocycles. The summed E-state index contributed by atoms with van der Waals surface area (Å²) in [6, 6.07) is -0.976. The largest absolute Gasteiger partial charge is 0.479 e. The predicted octanol–water partition coefficient (Wildman–Crippen LogP) is -0.711. The van der Waals surface area contributed by atoms with Crippen molar-refractivity contribution >= 4 is 57.7 Å². The molecule has 0 spiro atoms. The molecular weight excluding hydrogens is 426 g/mol. The number of aliphatic carboxylic acids is 2. The molecule has 0 radical (unpaired) electrons. The lowest BCUT2D eigenvalue weighted by Gasteiger charge is -2.49. The highest BCUT2D eigenvalue weighted by Gasteiger charge is 2.54. The summed E-state index contributed by atoms with van der Waals surface area (Å²) in [5, 5.41) is 25.0. The van der Waals surface area contributed by atoms with Gasteiger partial charge in [-0.1, -0.05) is 5.16 Å². The molecular formula is C15H15N5O7S2. The van der Waals surface area contributed by atoms with Gasteiger partial charge in [-0.25, -0.2) is 14.6 Å². The molecule has 1 saturated heterocycles. The topological polar surface area (TPSA) is 185 Å². The second kappa shape index (κ2) is 8.08. The zero-order valence-corrected chi connectivity index (χ0v) is 16.5. The number of aromatic nitrogens is 1. The summed E-state index contributed by atoms with van der Waals surface area (Å²) in [5.74, 6) is -3.52. The van der Waals surface area contributed by atoms with Crippen LogP contribution in [0, 0.1) is 0 Å². The molecule has 2 atom stereocenters. The number of hydrogen-bond acceptors (Lipinski definition) is 10. The van der Waals surface area contributed by atoms with Crippen molar-refractivity contribution in [2.24, 2.45) is 5.16 Å². The number of anilines is 1. The van der Waals surface area contributed by atoms with E-state index in [9.17, 15) is 24.3 Å². The van der Waals surface area contributed by atoms with E-state index in [1.54, 1.807) is 6.92 Å². The molecule has 2 aliphatic rings. The molecule has 14 heteroatoms. The third kappa shape index (κ3) is 4.02. The van der Waals surface area contributed by atoms with Crippen LogP contribution in [0.1, 0.15) is 12.6 Å². The van der Waals surface area contributed by atoms with Crippen molar-refractivity contribution < 1.29 is 34.2 Å². The molecule has 1 aromatic heterocycles. The van der Waals surface area contributed by atoms with E-state index in [1.165, 1.54) is 17.1 Å². The number of carboxylic acid groups (broad SMARTS) is 2. The van der Waals surface area contributed by atoms with E-state index in [1.807, 2.05) is 0 Å². The Balaban J connectivity index is 1.78. The molecule has 154 valence electrons. The highest BCUT2D eigenvalue weighted by molar-refractivity contribution is 8.00. The van der Waals surface area contributed by atoms with Crippen molar-refractivity contribution in [2.75, 3.05) is 18.1 Å². The van der Waals surface area contributed by atoms with Crippen molar-refractivity contribution in [3.8, 4) is 0 Å². The van der Waals surface area contributed by atoms with Crippen molar-refractivity contribution in [3.05, 3.63) is 22.3 Å². The van der Waals surface area contributed by atoms with Crippen LogP contribution in [0.2, 0.25) is 0 Å². The van der Waals surface area contributed by atoms with E-state index in [0.29, 0.717) is 11.3 Å². The minimum absolute atomic E-state index is 0.0530. The number of thiazole rings is 1. The number of nitrogen functional groups attached to an aromatic ring is 1. The summed E-state index contributed by atoms with van der Waals surface area (Å²) < 4.78 is 0. The number of rotatable bonds is 7. The summed E-state index contributed by atoms with van der Waals surface area (Å²) in [4.78, 5) is 56.9. The zero-order valence-electron chi connectivity index (χ0n) is 14.8. The van der Waals surface area contributed by atoms with Crippen LogP contribution in [-0.2, 0) is 24.0 Å². The Morgan fingerprint density at radius 2 is 2.17 bits per heavy atom. The van der Waals surface area contributed by atoms with Gasteiger partial charge in [0.1, 0.15) is 22.8 Å². The Kier molecular flexibility index (Phi) is 5.74. The van der Waals surface area contributed by atoms with Crippen LogP contribution in [0.5, 0.6) is 0 Å². The lowest BCUT2D eigenvalue weighted by Crippen LogP contribution is -2.71. The highest BCUT2D eigenvalue weighted by Crippen LogP contribution is 2.40. The van der Waals surface area contributed by atoms with E-state index >= 15 is 0 Å². The molecule has 0 unspecified atom stereocenters. The molecule has 0 aliphatic carbocycles. The maximum Gasteiger partial charge on any atom is 0.352 e. The van der Waals surface area contributed by atoms with Crippen LogP contribution in [0.15, 0.2) is 21.8 Å². The average Bonchev–Trinajstić information content (AvgIpc) is 3.08. The summed E-state index contributed by atoms with van der Waals surface area (Å²) in [6.45, 7) is 0.847. The van der Waals surface area contributed by atoms with E-state index in [4.69, 9.17) is 10.8 Å². The standard InChI is InChI=1S/C15H15N5O7S2/c1-5-3-28-13-9(12(24)20(13)10(5)14(25)26)18-11(23)8(19-27-2-7(21)22)6-4-29-15(16)17-6/h4,9,13H,2-3H2,1H3,(H2,16,17)(H,18,23)(H,21,22)(H,25,26)/t9-,13-/m1/s1. The van der Waals surface area contributed by atoms with Gasteiger partial charge in [-0.05, 0) is 12.5 Å². The van der Waals surface area contributed by atoms with Gasteiger partial charge in [-0.2, -0.15) is 0 Å². The minimum Gasteiger partial charge on any atom is -0.479 e. The average molecular weight is 441 g/mol. The van der Waals surface area contributed by atoms with Crippen LogP contribution >= 0.6 is 23.1 Å². The fourth-order valence-corrected chi connectivity index (χ4v) is 4.58. The molecule has 2 amide bonds. The first-order valence-corrected chi connectivity index (χ1v) is 9.95. The normalized spacial score (nSPS) is 21.3. The van der Waals surface area contributed by atoms with Gasteiger partial charge in [-0.15, -0.1) is 23.1 Å². The monoisotopic (exact) mass is 441 g/mol. The van der Waals surface area contributed by atoms with Crippen molar-refractivity contribution in [3.63, 3.8) is 0 Å². The maximum absolute atomic E-state index is 12.7. The van der Waals surface area contributed by atoms with Gasteiger partial charge in [0.05, 0.1) is 0 Å². The number of nitrogens with one attached hydrogen (secondary N) is 1. The number of carbonyl (C=O) groups excluding carboxylic acids is 2. The number of carboxylic acids is 2. The van der Waals surface area contributed by atoms with Gasteiger partial charge in [0.2, 0.25) is 6.61 Å². The summed E-state index contributed by atoms with van der Waals surface area (Å²) in [5.41, 5.74) is 5.73. The number of hydrogen-bond donors (Lipinski definition) is 4. The third-order valence-electron chi connectivity index (χ3n) is 3.97. The van der Waals surface area contributed by atoms with Crippen molar-refractivity contribution in [1.29, 1.82) is 0 Å². The Bertz CT molecular complexity index is 957. The van der Waals surface area contributed by atoms with Crippen molar-refractivity contribution in [1.82, 2.24) is 15.2 Å². The Morgan fingerprint density at radius 3 is 2.76 bits per heavy atom. The number of nitrogens with two attached hydrogens (primary N) is 1. The zero-order chi connectivity index (χ0) is 21.3. The van der Waals surface area contributed by atoms with E-state index in [2.05, 4.69) is 20.3 Å². The van der Waals surface area contributed by atoms with Crippen LogP contribution in [0.25, 0.3) is 0 Å². The lowest BCUT2D eigenvalue weighted by molar-refractivity contribution is -0.150. The molecule has 12 nitrogen and oxygen atoms in total. The summed E-state index contributed by atoms with van der Waals surface area (Å²) >= 11 is 2.35. The molecule has 0 bridgehead atoms. The first-order valence-electron chi connectivity index (χ1n) is 8.02. The molecule has 0 saturated carbocycles. The molecule has 29 heavy (non-hydrogen) atoms. The van der Waals surface area contributed by atoms with E-state index in [-0.39, 0.29) is 22.2 Å². The van der Waals surface area contributed by atoms with Gasteiger partial charge < -0.3 is 26.1 Å². The minimum atomic E-state index is -1.29. The quantitative estimate of drug-likeness (QED) is 0.239. The van der Waals surface area contributed by atoms with Crippen LogP contribution in [0.4, 0.5) is 5.13 Å². The molecule has 2 aliphatic heterocycles. The second-order valence-electron chi connectivity index (χ2n) is 5.97. The fourth-order valence-electron chi connectivity index (χ4n) is 2.74. The predicted molar refractivity (Wildman–Crippen MR) is 102 cm³/mol. The van der Waals surface area contributed by atoms with Crippen LogP contribution in [-0.4, -0.2) is 73.3 Å². The highest BCUT2D eigenvalue weighted by atomic mass is 32.2. The third-order valence-corrected chi connectivity index (χ3v) is 6.07. The number of carbonyl (C=O) groups is 4. The Morgan fingerprint density at radius 1 is 1.45 bits per heavy atom. The molecule has 3 heterocycles. The number of thioether (sulfide) groups is 1. The van der Waals surface area contributed by atoms with Crippen LogP contribution < -0.4 is 11.1 Å². The Labute approximate surface area is 171 Å². The van der Waals surface area contributed by atoms with Crippen LogP contribution in [0.3, 0.4) is 0 Å². The number of nitrogens with zero attached hydrogens (tertiary/aromatic N) is 3.